The van der Waals surface area contributed by atoms with E-state index in [1.165, 1.54) is 62.9 Å². The Balaban J connectivity index is 1.51. The molecule has 0 spiro atoms. The highest BCUT2D eigenvalue weighted by atomic mass is 16.3. The maximum absolute atomic E-state index is 9.58. The van der Waals surface area contributed by atoms with E-state index in [4.69, 9.17) is 0 Å². The molecule has 1 saturated heterocycles. The summed E-state index contributed by atoms with van der Waals surface area (Å²) in [6.45, 7) is 6.03. The molecule has 0 radical (unpaired) electrons. The number of phenols is 1. The molecule has 1 unspecified atom stereocenters. The van der Waals surface area contributed by atoms with Crippen LogP contribution in [0.1, 0.15) is 56.2 Å². The summed E-state index contributed by atoms with van der Waals surface area (Å²) in [5.74, 6) is 0.402. The summed E-state index contributed by atoms with van der Waals surface area (Å²) in [6.07, 6.45) is 7.44. The molecule has 3 nitrogen and oxygen atoms in total. The first-order valence-corrected chi connectivity index (χ1v) is 8.56. The zero-order valence-electron chi connectivity index (χ0n) is 13.1. The summed E-state index contributed by atoms with van der Waals surface area (Å²) in [5, 5.41) is 13.4. The molecule has 1 aliphatic carbocycles. The number of likely N-dealkylation sites (tertiary alicyclic amines) is 1. The second-order valence-corrected chi connectivity index (χ2v) is 6.61. The van der Waals surface area contributed by atoms with E-state index in [9.17, 15) is 5.11 Å². The fourth-order valence-electron chi connectivity index (χ4n) is 3.77. The zero-order valence-corrected chi connectivity index (χ0v) is 13.1. The van der Waals surface area contributed by atoms with Crippen molar-refractivity contribution in [2.24, 2.45) is 0 Å². The van der Waals surface area contributed by atoms with Crippen molar-refractivity contribution in [1.82, 2.24) is 10.2 Å². The number of piperidine rings is 1. The molecule has 2 aliphatic rings. The summed E-state index contributed by atoms with van der Waals surface area (Å²) in [4.78, 5) is 2.61. The van der Waals surface area contributed by atoms with Crippen LogP contribution in [-0.4, -0.2) is 35.7 Å². The standard InChI is InChI=1S/C18H28N2O/c1-2-3-10-20-11-8-15(9-12-20)19-18-7-4-14-13-16(21)5-6-17(14)18/h5-6,13,15,18-19,21H,2-4,7-12H2,1H3. The first-order chi connectivity index (χ1) is 10.3. The summed E-state index contributed by atoms with van der Waals surface area (Å²) in [5.41, 5.74) is 2.73. The lowest BCUT2D eigenvalue weighted by atomic mass is 10.0. The minimum Gasteiger partial charge on any atom is -0.508 e. The molecule has 3 rings (SSSR count). The Morgan fingerprint density at radius 3 is 2.81 bits per heavy atom. The number of nitrogens with one attached hydrogen (secondary N) is 1. The van der Waals surface area contributed by atoms with Gasteiger partial charge in [0.2, 0.25) is 0 Å². The van der Waals surface area contributed by atoms with Crippen molar-refractivity contribution in [2.75, 3.05) is 19.6 Å². The van der Waals surface area contributed by atoms with E-state index in [1.54, 1.807) is 0 Å². The average molecular weight is 288 g/mol. The minimum absolute atomic E-state index is 0.402. The molecule has 116 valence electrons. The van der Waals surface area contributed by atoms with Gasteiger partial charge >= 0.3 is 0 Å². The van der Waals surface area contributed by atoms with E-state index in [0.717, 1.165) is 6.42 Å². The number of hydrogen-bond donors (Lipinski definition) is 2. The van der Waals surface area contributed by atoms with Crippen LogP contribution in [0, 0.1) is 0 Å². The molecule has 1 atom stereocenters. The molecule has 2 N–H and O–H groups in total. The van der Waals surface area contributed by atoms with Crippen LogP contribution in [0.4, 0.5) is 0 Å². The van der Waals surface area contributed by atoms with Crippen LogP contribution in [0.15, 0.2) is 18.2 Å². The molecule has 21 heavy (non-hydrogen) atoms. The maximum Gasteiger partial charge on any atom is 0.115 e. The fraction of sp³-hybridized carbons (Fsp3) is 0.667. The number of nitrogens with zero attached hydrogens (tertiary/aromatic N) is 1. The number of unbranched alkanes of at least 4 members (excludes halogenated alkanes) is 1. The predicted molar refractivity (Wildman–Crippen MR) is 86.7 cm³/mol. The first kappa shape index (κ1) is 14.9. The molecule has 0 saturated carbocycles. The van der Waals surface area contributed by atoms with Crippen molar-refractivity contribution >= 4 is 0 Å². The lowest BCUT2D eigenvalue weighted by molar-refractivity contribution is 0.188. The van der Waals surface area contributed by atoms with Crippen molar-refractivity contribution in [3.8, 4) is 5.75 Å². The predicted octanol–water partition coefficient (Wildman–Crippen LogP) is 3.23. The lowest BCUT2D eigenvalue weighted by Crippen LogP contribution is -2.43. The van der Waals surface area contributed by atoms with Gasteiger partial charge in [-0.25, -0.2) is 0 Å². The number of hydrogen-bond acceptors (Lipinski definition) is 3. The first-order valence-electron chi connectivity index (χ1n) is 8.56. The Bertz CT molecular complexity index is 466. The highest BCUT2D eigenvalue weighted by Crippen LogP contribution is 2.34. The smallest absolute Gasteiger partial charge is 0.115 e. The van der Waals surface area contributed by atoms with Crippen LogP contribution >= 0.6 is 0 Å². The topological polar surface area (TPSA) is 35.5 Å². The van der Waals surface area contributed by atoms with E-state index in [-0.39, 0.29) is 0 Å². The number of aryl methyl sites for hydroxylation is 1. The van der Waals surface area contributed by atoms with Crippen LogP contribution < -0.4 is 5.32 Å². The number of phenolic OH excluding ortho intramolecular Hbond substituents is 1. The van der Waals surface area contributed by atoms with Gasteiger partial charge in [0.05, 0.1) is 0 Å². The van der Waals surface area contributed by atoms with Crippen molar-refractivity contribution in [3.05, 3.63) is 29.3 Å². The number of aromatic hydroxyl groups is 1. The molecule has 3 heteroatoms. The van der Waals surface area contributed by atoms with Crippen molar-refractivity contribution in [3.63, 3.8) is 0 Å². The van der Waals surface area contributed by atoms with E-state index >= 15 is 0 Å². The van der Waals surface area contributed by atoms with Gasteiger partial charge in [-0.1, -0.05) is 19.4 Å². The molecule has 1 fully saturated rings. The minimum atomic E-state index is 0.402. The van der Waals surface area contributed by atoms with E-state index in [1.807, 2.05) is 12.1 Å². The van der Waals surface area contributed by atoms with Crippen molar-refractivity contribution < 1.29 is 5.11 Å². The van der Waals surface area contributed by atoms with E-state index < -0.39 is 0 Å². The van der Waals surface area contributed by atoms with Crippen LogP contribution in [-0.2, 0) is 6.42 Å². The van der Waals surface area contributed by atoms with Gasteiger partial charge < -0.3 is 15.3 Å². The molecule has 0 amide bonds. The van der Waals surface area contributed by atoms with Crippen molar-refractivity contribution in [2.45, 2.75) is 57.5 Å². The van der Waals surface area contributed by atoms with Gasteiger partial charge in [0.15, 0.2) is 0 Å². The van der Waals surface area contributed by atoms with Gasteiger partial charge in [-0.2, -0.15) is 0 Å². The third-order valence-corrected chi connectivity index (χ3v) is 5.06. The highest BCUT2D eigenvalue weighted by molar-refractivity contribution is 5.40. The highest BCUT2D eigenvalue weighted by Gasteiger charge is 2.26. The molecule has 1 aliphatic heterocycles. The summed E-state index contributed by atoms with van der Waals surface area (Å²) < 4.78 is 0. The third kappa shape index (κ3) is 3.58. The zero-order chi connectivity index (χ0) is 14.7. The van der Waals surface area contributed by atoms with Gasteiger partial charge in [0.25, 0.3) is 0 Å². The monoisotopic (exact) mass is 288 g/mol. The number of rotatable bonds is 5. The van der Waals surface area contributed by atoms with Gasteiger partial charge in [-0.15, -0.1) is 0 Å². The van der Waals surface area contributed by atoms with Gasteiger partial charge in [0.1, 0.15) is 5.75 Å². The fourth-order valence-corrected chi connectivity index (χ4v) is 3.77. The molecule has 1 aromatic rings. The third-order valence-electron chi connectivity index (χ3n) is 5.06. The normalized spacial score (nSPS) is 23.4. The molecule has 1 aromatic carbocycles. The maximum atomic E-state index is 9.58. The number of fused-ring (bicyclic) bond motifs is 1. The van der Waals surface area contributed by atoms with Crippen molar-refractivity contribution in [1.29, 1.82) is 0 Å². The van der Waals surface area contributed by atoms with Crippen LogP contribution in [0.3, 0.4) is 0 Å². The molecule has 0 bridgehead atoms. The van der Waals surface area contributed by atoms with Crippen LogP contribution in [0.2, 0.25) is 0 Å². The Morgan fingerprint density at radius 2 is 2.05 bits per heavy atom. The summed E-state index contributed by atoms with van der Waals surface area (Å²) >= 11 is 0. The molecule has 0 aromatic heterocycles. The van der Waals surface area contributed by atoms with Crippen LogP contribution in [0.25, 0.3) is 0 Å². The Kier molecular flexibility index (Phi) is 4.81. The molecular formula is C18H28N2O. The van der Waals surface area contributed by atoms with Gasteiger partial charge in [-0.05, 0) is 75.0 Å². The Hall–Kier alpha value is -1.06. The van der Waals surface area contributed by atoms with E-state index in [0.29, 0.717) is 17.8 Å². The van der Waals surface area contributed by atoms with Crippen LogP contribution in [0.5, 0.6) is 5.75 Å². The second-order valence-electron chi connectivity index (χ2n) is 6.61. The molecule has 1 heterocycles. The quantitative estimate of drug-likeness (QED) is 0.873. The summed E-state index contributed by atoms with van der Waals surface area (Å²) in [7, 11) is 0. The molecular weight excluding hydrogens is 260 g/mol. The van der Waals surface area contributed by atoms with Gasteiger partial charge in [-0.3, -0.25) is 0 Å². The van der Waals surface area contributed by atoms with E-state index in [2.05, 4.69) is 23.2 Å². The van der Waals surface area contributed by atoms with Gasteiger partial charge in [0, 0.05) is 12.1 Å². The SMILES string of the molecule is CCCCN1CCC(NC2CCc3cc(O)ccc32)CC1. The second kappa shape index (κ2) is 6.80. The lowest BCUT2D eigenvalue weighted by Gasteiger charge is -2.34. The Morgan fingerprint density at radius 1 is 1.24 bits per heavy atom. The largest absolute Gasteiger partial charge is 0.508 e. The summed E-state index contributed by atoms with van der Waals surface area (Å²) in [6, 6.07) is 7.02. The number of benzene rings is 1. The average Bonchev–Trinajstić information content (AvgIpc) is 2.88. The Labute approximate surface area is 128 Å².